The second kappa shape index (κ2) is 8.59. The highest BCUT2D eigenvalue weighted by Crippen LogP contribution is 2.25. The molecule has 1 aromatic carbocycles. The molecular weight excluding hydrogens is 370 g/mol. The van der Waals surface area contributed by atoms with Gasteiger partial charge in [-0.1, -0.05) is 18.7 Å². The fourth-order valence-electron chi connectivity index (χ4n) is 3.62. The predicted molar refractivity (Wildman–Crippen MR) is 123 cm³/mol. The second-order valence-electron chi connectivity index (χ2n) is 7.97. The van der Waals surface area contributed by atoms with Crippen molar-refractivity contribution in [1.82, 2.24) is 14.9 Å². The van der Waals surface area contributed by atoms with Crippen LogP contribution in [0.3, 0.4) is 0 Å². The maximum atomic E-state index is 8.70. The van der Waals surface area contributed by atoms with Crippen LogP contribution in [0, 0.1) is 19.3 Å². The summed E-state index contributed by atoms with van der Waals surface area (Å²) in [5.74, 6) is 0. The van der Waals surface area contributed by atoms with Gasteiger partial charge in [0.2, 0.25) is 0 Å². The lowest BCUT2D eigenvalue weighted by Gasteiger charge is -2.30. The predicted octanol–water partition coefficient (Wildman–Crippen LogP) is 4.96. The van der Waals surface area contributed by atoms with Crippen LogP contribution in [-0.2, 0) is 6.54 Å². The minimum atomic E-state index is 0.376. The lowest BCUT2D eigenvalue weighted by Crippen LogP contribution is -2.36. The minimum Gasteiger partial charge on any atom is -0.353 e. The number of aryl methyl sites for hydroxylation is 2. The Labute approximate surface area is 178 Å². The van der Waals surface area contributed by atoms with Crippen molar-refractivity contribution in [3.8, 4) is 11.1 Å². The normalized spacial score (nSPS) is 13.5. The highest BCUT2D eigenvalue weighted by Gasteiger charge is 2.15. The van der Waals surface area contributed by atoms with Gasteiger partial charge in [-0.3, -0.25) is 20.3 Å². The first-order valence-electron chi connectivity index (χ1n) is 10.2. The molecule has 0 amide bonds. The van der Waals surface area contributed by atoms with E-state index in [1.165, 1.54) is 25.1 Å². The van der Waals surface area contributed by atoms with Crippen molar-refractivity contribution >= 4 is 11.4 Å². The van der Waals surface area contributed by atoms with Gasteiger partial charge in [0.25, 0.3) is 0 Å². The van der Waals surface area contributed by atoms with Crippen LogP contribution in [-0.4, -0.2) is 33.7 Å². The van der Waals surface area contributed by atoms with Gasteiger partial charge < -0.3 is 5.32 Å². The number of nitrogens with zero attached hydrogens (tertiary/aromatic N) is 3. The number of hydrogen-bond acceptors (Lipinski definition) is 5. The molecule has 152 valence electrons. The first-order chi connectivity index (χ1) is 14.5. The standard InChI is InChI=1S/C25H27N5/c1-17-9-23(15-27-12-17)29-19(3)25(26)24-11-21(6-5-18(24)2)22-10-20(13-28-14-22)16-30-7-4-8-30/h5-6,9-15,26,29H,3-4,7-8,16H2,1-2H3. The monoisotopic (exact) mass is 397 g/mol. The summed E-state index contributed by atoms with van der Waals surface area (Å²) in [6, 6.07) is 10.4. The number of benzene rings is 1. The van der Waals surface area contributed by atoms with Gasteiger partial charge >= 0.3 is 0 Å². The zero-order valence-electron chi connectivity index (χ0n) is 17.6. The van der Waals surface area contributed by atoms with Crippen LogP contribution in [0.5, 0.6) is 0 Å². The average Bonchev–Trinajstić information content (AvgIpc) is 2.71. The lowest BCUT2D eigenvalue weighted by atomic mass is 9.96. The molecule has 0 saturated carbocycles. The van der Waals surface area contributed by atoms with Crippen LogP contribution in [0.25, 0.3) is 11.1 Å². The number of anilines is 1. The van der Waals surface area contributed by atoms with Crippen LogP contribution >= 0.6 is 0 Å². The number of nitrogens with one attached hydrogen (secondary N) is 2. The van der Waals surface area contributed by atoms with E-state index in [1.54, 1.807) is 12.4 Å². The molecule has 0 spiro atoms. The van der Waals surface area contributed by atoms with Crippen LogP contribution in [0.1, 0.15) is 28.7 Å². The summed E-state index contributed by atoms with van der Waals surface area (Å²) in [5, 5.41) is 11.9. The van der Waals surface area contributed by atoms with E-state index in [-0.39, 0.29) is 0 Å². The number of rotatable bonds is 7. The Morgan fingerprint density at radius 2 is 1.83 bits per heavy atom. The Morgan fingerprint density at radius 1 is 1.03 bits per heavy atom. The fourth-order valence-corrected chi connectivity index (χ4v) is 3.62. The minimum absolute atomic E-state index is 0.376. The number of aromatic nitrogens is 2. The van der Waals surface area contributed by atoms with Crippen molar-refractivity contribution in [2.24, 2.45) is 0 Å². The van der Waals surface area contributed by atoms with Gasteiger partial charge in [-0.2, -0.15) is 0 Å². The molecule has 1 saturated heterocycles. The highest BCUT2D eigenvalue weighted by atomic mass is 15.2. The largest absolute Gasteiger partial charge is 0.353 e. The Balaban J connectivity index is 1.56. The molecule has 1 fully saturated rings. The van der Waals surface area contributed by atoms with Crippen LogP contribution in [0.4, 0.5) is 5.69 Å². The molecule has 1 aliphatic rings. The quantitative estimate of drug-likeness (QED) is 0.553. The molecule has 3 aromatic rings. The smallest absolute Gasteiger partial charge is 0.0843 e. The third-order valence-electron chi connectivity index (χ3n) is 5.46. The molecule has 3 heterocycles. The Kier molecular flexibility index (Phi) is 5.72. The molecule has 5 heteroatoms. The van der Waals surface area contributed by atoms with Crippen molar-refractivity contribution in [2.45, 2.75) is 26.8 Å². The molecular formula is C25H27N5. The van der Waals surface area contributed by atoms with Gasteiger partial charge in [0.1, 0.15) is 0 Å². The molecule has 0 unspecified atom stereocenters. The summed E-state index contributed by atoms with van der Waals surface area (Å²) in [6.45, 7) is 11.4. The zero-order chi connectivity index (χ0) is 21.1. The van der Waals surface area contributed by atoms with E-state index < -0.39 is 0 Å². The molecule has 0 atom stereocenters. The summed E-state index contributed by atoms with van der Waals surface area (Å²) < 4.78 is 0. The molecule has 2 N–H and O–H groups in total. The summed E-state index contributed by atoms with van der Waals surface area (Å²) in [7, 11) is 0. The van der Waals surface area contributed by atoms with E-state index in [1.807, 2.05) is 32.3 Å². The fraction of sp³-hybridized carbons (Fsp3) is 0.240. The third kappa shape index (κ3) is 4.47. The Hall–Kier alpha value is -3.31. The molecule has 0 aliphatic carbocycles. The van der Waals surface area contributed by atoms with Crippen molar-refractivity contribution in [3.63, 3.8) is 0 Å². The molecule has 0 bridgehead atoms. The highest BCUT2D eigenvalue weighted by molar-refractivity contribution is 6.13. The third-order valence-corrected chi connectivity index (χ3v) is 5.46. The van der Waals surface area contributed by atoms with Crippen LogP contribution in [0.15, 0.2) is 67.4 Å². The van der Waals surface area contributed by atoms with Gasteiger partial charge in [-0.25, -0.2) is 0 Å². The maximum Gasteiger partial charge on any atom is 0.0843 e. The molecule has 30 heavy (non-hydrogen) atoms. The summed E-state index contributed by atoms with van der Waals surface area (Å²) in [6.07, 6.45) is 8.66. The van der Waals surface area contributed by atoms with Crippen molar-refractivity contribution in [2.75, 3.05) is 18.4 Å². The van der Waals surface area contributed by atoms with Crippen LogP contribution in [0.2, 0.25) is 0 Å². The Bertz CT molecular complexity index is 1100. The molecule has 2 aromatic heterocycles. The van der Waals surface area contributed by atoms with Crippen LogP contribution < -0.4 is 5.32 Å². The van der Waals surface area contributed by atoms with E-state index in [0.29, 0.717) is 11.4 Å². The SMILES string of the molecule is C=C(Nc1cncc(C)c1)C(=N)c1cc(-c2cncc(CN3CCC3)c2)ccc1C. The van der Waals surface area contributed by atoms with Crippen molar-refractivity contribution in [3.05, 3.63) is 89.6 Å². The summed E-state index contributed by atoms with van der Waals surface area (Å²) in [4.78, 5) is 11.1. The van der Waals surface area contributed by atoms with Gasteiger partial charge in [-0.05, 0) is 73.8 Å². The number of hydrogen-bond donors (Lipinski definition) is 2. The van der Waals surface area contributed by atoms with E-state index >= 15 is 0 Å². The zero-order valence-corrected chi connectivity index (χ0v) is 17.6. The topological polar surface area (TPSA) is 64.9 Å². The van der Waals surface area contributed by atoms with E-state index in [9.17, 15) is 0 Å². The van der Waals surface area contributed by atoms with E-state index in [0.717, 1.165) is 40.0 Å². The van der Waals surface area contributed by atoms with Crippen molar-refractivity contribution in [1.29, 1.82) is 5.41 Å². The first-order valence-corrected chi connectivity index (χ1v) is 10.2. The number of pyridine rings is 2. The molecule has 5 nitrogen and oxygen atoms in total. The van der Waals surface area contributed by atoms with E-state index in [4.69, 9.17) is 5.41 Å². The summed E-state index contributed by atoms with van der Waals surface area (Å²) in [5.41, 5.74) is 8.07. The van der Waals surface area contributed by atoms with E-state index in [2.05, 4.69) is 51.0 Å². The van der Waals surface area contributed by atoms with Crippen molar-refractivity contribution < 1.29 is 0 Å². The first kappa shape index (κ1) is 20.0. The molecule has 0 radical (unpaired) electrons. The van der Waals surface area contributed by atoms with Gasteiger partial charge in [0, 0.05) is 36.3 Å². The Morgan fingerprint density at radius 3 is 2.57 bits per heavy atom. The van der Waals surface area contributed by atoms with Gasteiger partial charge in [0.05, 0.1) is 23.3 Å². The van der Waals surface area contributed by atoms with Gasteiger partial charge in [0.15, 0.2) is 0 Å². The molecule has 4 rings (SSSR count). The lowest BCUT2D eigenvalue weighted by molar-refractivity contribution is 0.172. The average molecular weight is 398 g/mol. The second-order valence-corrected chi connectivity index (χ2v) is 7.97. The van der Waals surface area contributed by atoms with Gasteiger partial charge in [-0.15, -0.1) is 0 Å². The number of allylic oxidation sites excluding steroid dienone is 1. The maximum absolute atomic E-state index is 8.70. The molecule has 1 aliphatic heterocycles. The number of likely N-dealkylation sites (tertiary alicyclic amines) is 1. The summed E-state index contributed by atoms with van der Waals surface area (Å²) >= 11 is 0.